The van der Waals surface area contributed by atoms with Crippen LogP contribution in [0.2, 0.25) is 0 Å². The molecule has 0 saturated heterocycles. The maximum Gasteiger partial charge on any atom is 0.226 e. The molecule has 5 heteroatoms. The molecule has 0 unspecified atom stereocenters. The molecule has 96 valence electrons. The van der Waals surface area contributed by atoms with Crippen LogP contribution in [0.5, 0.6) is 5.88 Å². The number of ether oxygens (including phenoxy) is 1. The second-order valence-electron chi connectivity index (χ2n) is 4.20. The smallest absolute Gasteiger partial charge is 0.226 e. The molecule has 0 N–H and O–H groups in total. The summed E-state index contributed by atoms with van der Waals surface area (Å²) >= 11 is 0. The Morgan fingerprint density at radius 3 is 2.78 bits per heavy atom. The predicted molar refractivity (Wildman–Crippen MR) is 67.2 cm³/mol. The molecule has 0 aliphatic rings. The van der Waals surface area contributed by atoms with Crippen LogP contribution in [-0.2, 0) is 0 Å². The molecule has 0 spiro atoms. The van der Waals surface area contributed by atoms with Crippen LogP contribution >= 0.6 is 0 Å². The average molecular weight is 249 g/mol. The zero-order chi connectivity index (χ0) is 13.1. The van der Waals surface area contributed by atoms with Crippen LogP contribution in [0, 0.1) is 19.7 Å². The van der Waals surface area contributed by atoms with Gasteiger partial charge in [0.2, 0.25) is 5.88 Å². The van der Waals surface area contributed by atoms with Gasteiger partial charge in [0.15, 0.2) is 5.82 Å². The van der Waals surface area contributed by atoms with Gasteiger partial charge in [-0.05, 0) is 20.3 Å². The number of rotatable bonds is 4. The van der Waals surface area contributed by atoms with E-state index >= 15 is 0 Å². The van der Waals surface area contributed by atoms with Gasteiger partial charge in [0.25, 0.3) is 0 Å². The molecule has 2 rings (SSSR count). The third-order valence-electron chi connectivity index (χ3n) is 2.67. The number of unbranched alkanes of at least 4 members (excludes halogenated alkanes) is 1. The maximum atomic E-state index is 13.9. The summed E-state index contributed by atoms with van der Waals surface area (Å²) in [6, 6.07) is 0. The number of nitrogens with zero attached hydrogens (tertiary/aromatic N) is 3. The molecule has 0 saturated carbocycles. The first kappa shape index (κ1) is 12.7. The van der Waals surface area contributed by atoms with Crippen molar-refractivity contribution in [1.29, 1.82) is 0 Å². The van der Waals surface area contributed by atoms with Gasteiger partial charge in [0.1, 0.15) is 11.3 Å². The summed E-state index contributed by atoms with van der Waals surface area (Å²) in [7, 11) is 0. The molecule has 0 atom stereocenters. The van der Waals surface area contributed by atoms with E-state index in [2.05, 4.69) is 21.9 Å². The zero-order valence-corrected chi connectivity index (χ0v) is 10.8. The van der Waals surface area contributed by atoms with E-state index < -0.39 is 5.82 Å². The summed E-state index contributed by atoms with van der Waals surface area (Å²) in [6.07, 6.45) is 3.54. The van der Waals surface area contributed by atoms with Gasteiger partial charge >= 0.3 is 0 Å². The minimum Gasteiger partial charge on any atom is -0.477 e. The molecule has 0 radical (unpaired) electrons. The van der Waals surface area contributed by atoms with Gasteiger partial charge in [-0.3, -0.25) is 4.98 Å². The monoisotopic (exact) mass is 249 g/mol. The molecule has 2 aromatic heterocycles. The van der Waals surface area contributed by atoms with Crippen LogP contribution in [0.1, 0.15) is 31.3 Å². The van der Waals surface area contributed by atoms with E-state index in [4.69, 9.17) is 4.74 Å². The minimum absolute atomic E-state index is 0.279. The Hall–Kier alpha value is -1.78. The molecule has 0 aliphatic heterocycles. The summed E-state index contributed by atoms with van der Waals surface area (Å²) in [4.78, 5) is 12.3. The first-order valence-electron chi connectivity index (χ1n) is 6.05. The molecule has 0 bridgehead atoms. The molecule has 0 amide bonds. The van der Waals surface area contributed by atoms with Crippen molar-refractivity contribution < 1.29 is 9.13 Å². The number of aromatic nitrogens is 3. The molecule has 0 aromatic carbocycles. The predicted octanol–water partition coefficient (Wildman–Crippen LogP) is 2.96. The quantitative estimate of drug-likeness (QED) is 0.782. The molecule has 2 aromatic rings. The lowest BCUT2D eigenvalue weighted by molar-refractivity contribution is 0.300. The van der Waals surface area contributed by atoms with Gasteiger partial charge < -0.3 is 4.74 Å². The molecule has 18 heavy (non-hydrogen) atoms. The fourth-order valence-electron chi connectivity index (χ4n) is 1.65. The van der Waals surface area contributed by atoms with Crippen molar-refractivity contribution in [2.45, 2.75) is 33.6 Å². The van der Waals surface area contributed by atoms with Crippen molar-refractivity contribution in [2.24, 2.45) is 0 Å². The van der Waals surface area contributed by atoms with Crippen molar-refractivity contribution in [2.75, 3.05) is 6.61 Å². The molecular formula is C13H16FN3O. The summed E-state index contributed by atoms with van der Waals surface area (Å²) in [5.74, 6) is 0.509. The highest BCUT2D eigenvalue weighted by molar-refractivity contribution is 5.83. The number of hydrogen-bond acceptors (Lipinski definition) is 4. The summed E-state index contributed by atoms with van der Waals surface area (Å²) in [6.45, 7) is 5.99. The van der Waals surface area contributed by atoms with Crippen molar-refractivity contribution in [3.8, 4) is 5.88 Å². The number of aryl methyl sites for hydroxylation is 2. The van der Waals surface area contributed by atoms with Gasteiger partial charge in [-0.25, -0.2) is 9.37 Å². The topological polar surface area (TPSA) is 47.9 Å². The fourth-order valence-corrected chi connectivity index (χ4v) is 1.65. The summed E-state index contributed by atoms with van der Waals surface area (Å²) in [5, 5.41) is 0.528. The van der Waals surface area contributed by atoms with Gasteiger partial charge in [-0.15, -0.1) is 0 Å². The standard InChI is InChI=1S/C13H16FN3O/c1-4-5-6-18-13-10-7-15-8(2)11(14)12(10)16-9(3)17-13/h7H,4-6H2,1-3H3. The van der Waals surface area contributed by atoms with E-state index in [1.54, 1.807) is 20.0 Å². The summed E-state index contributed by atoms with van der Waals surface area (Å²) in [5.41, 5.74) is 0.613. The highest BCUT2D eigenvalue weighted by Gasteiger charge is 2.13. The lowest BCUT2D eigenvalue weighted by Crippen LogP contribution is -2.03. The number of pyridine rings is 1. The Bertz CT molecular complexity index is 572. The largest absolute Gasteiger partial charge is 0.477 e. The fraction of sp³-hybridized carbons (Fsp3) is 0.462. The van der Waals surface area contributed by atoms with E-state index in [-0.39, 0.29) is 5.52 Å². The zero-order valence-electron chi connectivity index (χ0n) is 10.8. The lowest BCUT2D eigenvalue weighted by atomic mass is 10.2. The first-order chi connectivity index (χ1) is 8.63. The second kappa shape index (κ2) is 5.25. The maximum absolute atomic E-state index is 13.9. The number of halogens is 1. The Morgan fingerprint density at radius 1 is 1.28 bits per heavy atom. The number of hydrogen-bond donors (Lipinski definition) is 0. The van der Waals surface area contributed by atoms with Crippen LogP contribution in [-0.4, -0.2) is 21.6 Å². The van der Waals surface area contributed by atoms with E-state index in [0.717, 1.165) is 12.8 Å². The molecule has 4 nitrogen and oxygen atoms in total. The number of fused-ring (bicyclic) bond motifs is 1. The van der Waals surface area contributed by atoms with Crippen LogP contribution < -0.4 is 4.74 Å². The van der Waals surface area contributed by atoms with E-state index in [1.807, 2.05) is 0 Å². The highest BCUT2D eigenvalue weighted by Crippen LogP contribution is 2.24. The van der Waals surface area contributed by atoms with Gasteiger partial charge in [-0.1, -0.05) is 13.3 Å². The van der Waals surface area contributed by atoms with Gasteiger partial charge in [-0.2, -0.15) is 4.98 Å². The Morgan fingerprint density at radius 2 is 2.06 bits per heavy atom. The summed E-state index contributed by atoms with van der Waals surface area (Å²) < 4.78 is 19.5. The van der Waals surface area contributed by atoms with E-state index in [9.17, 15) is 4.39 Å². The van der Waals surface area contributed by atoms with E-state index in [1.165, 1.54) is 0 Å². The van der Waals surface area contributed by atoms with Gasteiger partial charge in [0, 0.05) is 6.20 Å². The van der Waals surface area contributed by atoms with Gasteiger partial charge in [0.05, 0.1) is 17.7 Å². The second-order valence-corrected chi connectivity index (χ2v) is 4.20. The lowest BCUT2D eigenvalue weighted by Gasteiger charge is -2.09. The van der Waals surface area contributed by atoms with Crippen molar-refractivity contribution in [3.63, 3.8) is 0 Å². The Labute approximate surface area is 105 Å². The average Bonchev–Trinajstić information content (AvgIpc) is 2.34. The Kier molecular flexibility index (Phi) is 3.69. The van der Waals surface area contributed by atoms with Crippen LogP contribution in [0.3, 0.4) is 0 Å². The van der Waals surface area contributed by atoms with Crippen molar-refractivity contribution >= 4 is 10.9 Å². The molecule has 2 heterocycles. The third kappa shape index (κ3) is 2.39. The first-order valence-corrected chi connectivity index (χ1v) is 6.05. The Balaban J connectivity index is 2.49. The third-order valence-corrected chi connectivity index (χ3v) is 2.67. The molecular weight excluding hydrogens is 233 g/mol. The van der Waals surface area contributed by atoms with E-state index in [0.29, 0.717) is 29.4 Å². The van der Waals surface area contributed by atoms with Crippen LogP contribution in [0.4, 0.5) is 4.39 Å². The van der Waals surface area contributed by atoms with Crippen LogP contribution in [0.15, 0.2) is 6.20 Å². The highest BCUT2D eigenvalue weighted by atomic mass is 19.1. The van der Waals surface area contributed by atoms with Crippen molar-refractivity contribution in [1.82, 2.24) is 15.0 Å². The molecule has 0 aliphatic carbocycles. The normalized spacial score (nSPS) is 10.9. The van der Waals surface area contributed by atoms with Crippen LogP contribution in [0.25, 0.3) is 10.9 Å². The molecule has 0 fully saturated rings. The minimum atomic E-state index is -0.404. The SMILES string of the molecule is CCCCOc1nc(C)nc2c(F)c(C)ncc12. The van der Waals surface area contributed by atoms with Crippen molar-refractivity contribution in [3.05, 3.63) is 23.5 Å².